The second kappa shape index (κ2) is 8.97. The highest BCUT2D eigenvalue weighted by Crippen LogP contribution is 2.28. The van der Waals surface area contributed by atoms with Crippen LogP contribution >= 0.6 is 0 Å². The van der Waals surface area contributed by atoms with Crippen molar-refractivity contribution in [3.8, 4) is 0 Å². The van der Waals surface area contributed by atoms with E-state index in [1.165, 1.54) is 70.6 Å². The van der Waals surface area contributed by atoms with Crippen molar-refractivity contribution in [3.63, 3.8) is 0 Å². The molecule has 19 heavy (non-hydrogen) atoms. The molecule has 2 aliphatic rings. The Bertz CT molecular complexity index is 217. The van der Waals surface area contributed by atoms with Crippen molar-refractivity contribution in [1.29, 1.82) is 0 Å². The summed E-state index contributed by atoms with van der Waals surface area (Å²) < 4.78 is 5.74. The summed E-state index contributed by atoms with van der Waals surface area (Å²) >= 11 is 0. The van der Waals surface area contributed by atoms with Crippen LogP contribution in [0.1, 0.15) is 77.6 Å². The molecule has 2 atom stereocenters. The lowest BCUT2D eigenvalue weighted by Crippen LogP contribution is -2.36. The molecule has 2 heteroatoms. The Hall–Kier alpha value is -0.0800. The molecule has 1 heterocycles. The fourth-order valence-corrected chi connectivity index (χ4v) is 3.92. The molecule has 0 radical (unpaired) electrons. The van der Waals surface area contributed by atoms with Gasteiger partial charge in [-0.1, -0.05) is 32.6 Å². The molecule has 2 fully saturated rings. The Kier molecular flexibility index (Phi) is 7.23. The van der Waals surface area contributed by atoms with Gasteiger partial charge in [-0.25, -0.2) is 0 Å². The lowest BCUT2D eigenvalue weighted by Gasteiger charge is -2.27. The maximum absolute atomic E-state index is 5.74. The smallest absolute Gasteiger partial charge is 0.0576 e. The third-order valence-electron chi connectivity index (χ3n) is 5.00. The third-order valence-corrected chi connectivity index (χ3v) is 5.00. The fourth-order valence-electron chi connectivity index (χ4n) is 3.92. The van der Waals surface area contributed by atoms with Crippen LogP contribution in [0.2, 0.25) is 0 Å². The van der Waals surface area contributed by atoms with E-state index in [1.54, 1.807) is 0 Å². The van der Waals surface area contributed by atoms with Crippen LogP contribution in [-0.4, -0.2) is 25.3 Å². The summed E-state index contributed by atoms with van der Waals surface area (Å²) in [7, 11) is 0. The standard InChI is InChI=1S/C17H33NO/c1-2-18-17(15-9-5-3-4-6-10-15)13-7-11-16-12-8-14-19-16/h15-18H,2-14H2,1H3. The molecule has 0 aromatic carbocycles. The van der Waals surface area contributed by atoms with Gasteiger partial charge in [0.2, 0.25) is 0 Å². The number of hydrogen-bond acceptors (Lipinski definition) is 2. The molecule has 0 spiro atoms. The van der Waals surface area contributed by atoms with Crippen LogP contribution in [0.5, 0.6) is 0 Å². The number of hydrogen-bond donors (Lipinski definition) is 1. The van der Waals surface area contributed by atoms with Crippen LogP contribution in [0.3, 0.4) is 0 Å². The maximum Gasteiger partial charge on any atom is 0.0576 e. The minimum Gasteiger partial charge on any atom is -0.378 e. The van der Waals surface area contributed by atoms with Crippen LogP contribution in [0.4, 0.5) is 0 Å². The summed E-state index contributed by atoms with van der Waals surface area (Å²) in [5, 5.41) is 3.76. The fraction of sp³-hybridized carbons (Fsp3) is 1.00. The molecule has 2 rings (SSSR count). The maximum atomic E-state index is 5.74. The van der Waals surface area contributed by atoms with Gasteiger partial charge in [-0.05, 0) is 57.4 Å². The largest absolute Gasteiger partial charge is 0.378 e. The van der Waals surface area contributed by atoms with Gasteiger partial charge in [-0.15, -0.1) is 0 Å². The SMILES string of the molecule is CCNC(CCCC1CCCO1)C1CCCCCC1. The van der Waals surface area contributed by atoms with Crippen molar-refractivity contribution in [2.75, 3.05) is 13.2 Å². The van der Waals surface area contributed by atoms with Crippen LogP contribution in [-0.2, 0) is 4.74 Å². The van der Waals surface area contributed by atoms with E-state index in [-0.39, 0.29) is 0 Å². The average molecular weight is 267 g/mol. The Morgan fingerprint density at radius 1 is 1.05 bits per heavy atom. The molecule has 0 aromatic rings. The first-order chi connectivity index (χ1) is 9.40. The minimum absolute atomic E-state index is 0.580. The summed E-state index contributed by atoms with van der Waals surface area (Å²) in [6.07, 6.45) is 15.9. The highest BCUT2D eigenvalue weighted by molar-refractivity contribution is 4.79. The van der Waals surface area contributed by atoms with Gasteiger partial charge < -0.3 is 10.1 Å². The van der Waals surface area contributed by atoms with Crippen LogP contribution in [0, 0.1) is 5.92 Å². The van der Waals surface area contributed by atoms with E-state index in [2.05, 4.69) is 12.2 Å². The first-order valence-corrected chi connectivity index (χ1v) is 8.75. The van der Waals surface area contributed by atoms with Crippen molar-refractivity contribution in [1.82, 2.24) is 5.32 Å². The molecule has 1 saturated carbocycles. The zero-order valence-corrected chi connectivity index (χ0v) is 12.8. The normalized spacial score (nSPS) is 27.3. The van der Waals surface area contributed by atoms with Crippen molar-refractivity contribution in [3.05, 3.63) is 0 Å². The monoisotopic (exact) mass is 267 g/mol. The molecule has 1 aliphatic heterocycles. The summed E-state index contributed by atoms with van der Waals surface area (Å²) in [6.45, 7) is 4.38. The minimum atomic E-state index is 0.580. The lowest BCUT2D eigenvalue weighted by molar-refractivity contribution is 0.100. The van der Waals surface area contributed by atoms with Gasteiger partial charge in [-0.2, -0.15) is 0 Å². The van der Waals surface area contributed by atoms with E-state index in [0.29, 0.717) is 6.10 Å². The van der Waals surface area contributed by atoms with Gasteiger partial charge >= 0.3 is 0 Å². The molecule has 0 aromatic heterocycles. The van der Waals surface area contributed by atoms with Gasteiger partial charge in [0.25, 0.3) is 0 Å². The van der Waals surface area contributed by atoms with Crippen LogP contribution in [0.25, 0.3) is 0 Å². The molecule has 2 unspecified atom stereocenters. The predicted octanol–water partition coefficient (Wildman–Crippen LogP) is 4.28. The van der Waals surface area contributed by atoms with Crippen LogP contribution < -0.4 is 5.32 Å². The van der Waals surface area contributed by atoms with E-state index in [9.17, 15) is 0 Å². The quantitative estimate of drug-likeness (QED) is 0.695. The van der Waals surface area contributed by atoms with Crippen LogP contribution in [0.15, 0.2) is 0 Å². The summed E-state index contributed by atoms with van der Waals surface area (Å²) in [4.78, 5) is 0. The molecular formula is C17H33NO. The van der Waals surface area contributed by atoms with E-state index in [0.717, 1.165) is 25.1 Å². The third kappa shape index (κ3) is 5.43. The van der Waals surface area contributed by atoms with E-state index < -0.39 is 0 Å². The van der Waals surface area contributed by atoms with Gasteiger partial charge in [-0.3, -0.25) is 0 Å². The Balaban J connectivity index is 1.70. The zero-order valence-electron chi connectivity index (χ0n) is 12.8. The van der Waals surface area contributed by atoms with Gasteiger partial charge in [0, 0.05) is 12.6 Å². The molecule has 0 amide bonds. The highest BCUT2D eigenvalue weighted by Gasteiger charge is 2.22. The first kappa shape index (κ1) is 15.3. The van der Waals surface area contributed by atoms with Crippen molar-refractivity contribution >= 4 is 0 Å². The highest BCUT2D eigenvalue weighted by atomic mass is 16.5. The lowest BCUT2D eigenvalue weighted by atomic mass is 9.88. The molecule has 0 bridgehead atoms. The van der Waals surface area contributed by atoms with Crippen molar-refractivity contribution < 1.29 is 4.74 Å². The second-order valence-electron chi connectivity index (χ2n) is 6.48. The summed E-state index contributed by atoms with van der Waals surface area (Å²) in [5.74, 6) is 0.937. The molecule has 1 aliphatic carbocycles. The van der Waals surface area contributed by atoms with Gasteiger partial charge in [0.15, 0.2) is 0 Å². The first-order valence-electron chi connectivity index (χ1n) is 8.75. The predicted molar refractivity (Wildman–Crippen MR) is 81.5 cm³/mol. The molecule has 112 valence electrons. The van der Waals surface area contributed by atoms with E-state index in [4.69, 9.17) is 4.74 Å². The second-order valence-corrected chi connectivity index (χ2v) is 6.48. The Morgan fingerprint density at radius 3 is 2.47 bits per heavy atom. The Morgan fingerprint density at radius 2 is 1.84 bits per heavy atom. The van der Waals surface area contributed by atoms with Gasteiger partial charge in [0.1, 0.15) is 0 Å². The molecular weight excluding hydrogens is 234 g/mol. The summed E-state index contributed by atoms with van der Waals surface area (Å²) in [5.41, 5.74) is 0. The van der Waals surface area contributed by atoms with Crippen molar-refractivity contribution in [2.45, 2.75) is 89.7 Å². The molecule has 1 saturated heterocycles. The van der Waals surface area contributed by atoms with Crippen molar-refractivity contribution in [2.24, 2.45) is 5.92 Å². The van der Waals surface area contributed by atoms with E-state index in [1.807, 2.05) is 0 Å². The Labute approximate surface area is 119 Å². The number of ether oxygens (including phenoxy) is 1. The number of nitrogens with one attached hydrogen (secondary N) is 1. The summed E-state index contributed by atoms with van der Waals surface area (Å²) in [6, 6.07) is 0.768. The van der Waals surface area contributed by atoms with E-state index >= 15 is 0 Å². The molecule has 1 N–H and O–H groups in total. The zero-order chi connectivity index (χ0) is 13.3. The topological polar surface area (TPSA) is 21.3 Å². The van der Waals surface area contributed by atoms with Gasteiger partial charge in [0.05, 0.1) is 6.10 Å². The molecule has 2 nitrogen and oxygen atoms in total. The average Bonchev–Trinajstić information content (AvgIpc) is 2.79. The number of rotatable bonds is 7.